The van der Waals surface area contributed by atoms with Gasteiger partial charge in [0.15, 0.2) is 0 Å². The topological polar surface area (TPSA) is 68.3 Å². The third-order valence-electron chi connectivity index (χ3n) is 4.01. The molecule has 7 heteroatoms. The molecule has 1 fully saturated rings. The predicted molar refractivity (Wildman–Crippen MR) is 104 cm³/mol. The van der Waals surface area contributed by atoms with Crippen LogP contribution >= 0.6 is 0 Å². The van der Waals surface area contributed by atoms with Gasteiger partial charge in [0.05, 0.1) is 39.6 Å². The molecule has 0 aliphatic carbocycles. The highest BCUT2D eigenvalue weighted by molar-refractivity contribution is 5.95. The Morgan fingerprint density at radius 2 is 0.926 bits per heavy atom. The van der Waals surface area contributed by atoms with Crippen LogP contribution in [-0.2, 0) is 23.8 Å². The number of hydrogen-bond acceptors (Lipinski definition) is 5. The van der Waals surface area contributed by atoms with E-state index in [2.05, 4.69) is 26.3 Å². The van der Waals surface area contributed by atoms with Gasteiger partial charge in [0, 0.05) is 37.3 Å². The monoisotopic (exact) mass is 378 g/mol. The van der Waals surface area contributed by atoms with Crippen LogP contribution in [0.4, 0.5) is 0 Å². The molecule has 0 radical (unpaired) electrons. The van der Waals surface area contributed by atoms with Crippen molar-refractivity contribution in [2.45, 2.75) is 0 Å². The van der Waals surface area contributed by atoms with E-state index in [1.807, 2.05) is 0 Å². The van der Waals surface area contributed by atoms with Crippen LogP contribution in [0.1, 0.15) is 0 Å². The molecule has 0 aromatic heterocycles. The molecule has 27 heavy (non-hydrogen) atoms. The number of nitrogens with zero attached hydrogens (tertiary/aromatic N) is 2. The van der Waals surface area contributed by atoms with Crippen LogP contribution in [0.25, 0.3) is 0 Å². The van der Waals surface area contributed by atoms with Gasteiger partial charge in [0.25, 0.3) is 11.8 Å². The fourth-order valence-electron chi connectivity index (χ4n) is 2.33. The summed E-state index contributed by atoms with van der Waals surface area (Å²) in [4.78, 5) is 27.9. The molecule has 0 atom stereocenters. The third kappa shape index (κ3) is 8.34. The lowest BCUT2D eigenvalue weighted by Gasteiger charge is -2.24. The second-order valence-electron chi connectivity index (χ2n) is 5.88. The van der Waals surface area contributed by atoms with E-state index >= 15 is 0 Å². The molecular weight excluding hydrogens is 348 g/mol. The normalized spacial score (nSPS) is 17.9. The Morgan fingerprint density at radius 3 is 1.22 bits per heavy atom. The van der Waals surface area contributed by atoms with E-state index in [-0.39, 0.29) is 11.8 Å². The van der Waals surface area contributed by atoms with Crippen molar-refractivity contribution in [3.8, 4) is 0 Å². The minimum atomic E-state index is -0.197. The summed E-state index contributed by atoms with van der Waals surface area (Å²) in [5.41, 5.74) is 0.659. The van der Waals surface area contributed by atoms with Crippen LogP contribution in [0.3, 0.4) is 0 Å². The number of rotatable bonds is 4. The Bertz CT molecular complexity index is 511. The Hall–Kier alpha value is -2.22. The van der Waals surface area contributed by atoms with Gasteiger partial charge in [-0.1, -0.05) is 38.5 Å². The first-order valence-electron chi connectivity index (χ1n) is 8.95. The van der Waals surface area contributed by atoms with Crippen LogP contribution in [0, 0.1) is 0 Å². The Balaban J connectivity index is 2.67. The standard InChI is InChI=1S/C20H30N2O5/c1-5-17(3)19(23)21-7-11-25-12-8-22(20(24)18(4)6-2)10-14-27-16-15-26-13-9-21/h5-6H,1-4,7-16H2. The molecular formula is C20H30N2O5. The van der Waals surface area contributed by atoms with Gasteiger partial charge < -0.3 is 24.0 Å². The number of amides is 2. The molecule has 1 heterocycles. The smallest absolute Gasteiger partial charge is 0.253 e. The van der Waals surface area contributed by atoms with Crippen LogP contribution in [0.2, 0.25) is 0 Å². The van der Waals surface area contributed by atoms with Crippen LogP contribution in [-0.4, -0.2) is 87.4 Å². The van der Waals surface area contributed by atoms with Gasteiger partial charge in [-0.2, -0.15) is 0 Å². The SMILES string of the molecule is C=CC(=C)C(=O)N1CCOCCOCCN(C(=O)C(=C)C=C)CCOCC1. The van der Waals surface area contributed by atoms with E-state index in [4.69, 9.17) is 14.2 Å². The molecule has 2 amide bonds. The zero-order chi connectivity index (χ0) is 20.1. The average molecular weight is 378 g/mol. The quantitative estimate of drug-likeness (QED) is 0.543. The van der Waals surface area contributed by atoms with Crippen LogP contribution < -0.4 is 0 Å². The molecule has 7 nitrogen and oxygen atoms in total. The Kier molecular flexibility index (Phi) is 11.0. The second kappa shape index (κ2) is 13.0. The van der Waals surface area contributed by atoms with E-state index in [1.165, 1.54) is 12.2 Å². The molecule has 0 unspecified atom stereocenters. The molecule has 0 bridgehead atoms. The summed E-state index contributed by atoms with van der Waals surface area (Å²) >= 11 is 0. The first kappa shape index (κ1) is 22.8. The fourth-order valence-corrected chi connectivity index (χ4v) is 2.33. The number of hydrogen-bond donors (Lipinski definition) is 0. The highest BCUT2D eigenvalue weighted by Gasteiger charge is 2.17. The first-order valence-corrected chi connectivity index (χ1v) is 8.95. The Labute approximate surface area is 161 Å². The van der Waals surface area contributed by atoms with Crippen LogP contribution in [0.5, 0.6) is 0 Å². The van der Waals surface area contributed by atoms with Gasteiger partial charge in [-0.3, -0.25) is 9.59 Å². The highest BCUT2D eigenvalue weighted by Crippen LogP contribution is 2.04. The molecule has 1 aliphatic rings. The summed E-state index contributed by atoms with van der Waals surface area (Å²) in [6.45, 7) is 18.5. The zero-order valence-corrected chi connectivity index (χ0v) is 16.0. The Morgan fingerprint density at radius 1 is 0.630 bits per heavy atom. The number of carbonyl (C=O) groups excluding carboxylic acids is 2. The number of carbonyl (C=O) groups is 2. The van der Waals surface area contributed by atoms with Crippen molar-refractivity contribution in [3.63, 3.8) is 0 Å². The number of ether oxygens (including phenoxy) is 3. The van der Waals surface area contributed by atoms with Crippen molar-refractivity contribution in [2.24, 2.45) is 0 Å². The maximum atomic E-state index is 12.3. The van der Waals surface area contributed by atoms with Gasteiger partial charge in [-0.05, 0) is 0 Å². The summed E-state index contributed by atoms with van der Waals surface area (Å²) in [5.74, 6) is -0.395. The van der Waals surface area contributed by atoms with Gasteiger partial charge in [0.1, 0.15) is 0 Å². The lowest BCUT2D eigenvalue weighted by Crippen LogP contribution is -2.38. The average Bonchev–Trinajstić information content (AvgIpc) is 2.70. The van der Waals surface area contributed by atoms with Crippen molar-refractivity contribution >= 4 is 11.8 Å². The molecule has 1 aliphatic heterocycles. The summed E-state index contributed by atoms with van der Waals surface area (Å²) in [6, 6.07) is 0. The maximum Gasteiger partial charge on any atom is 0.253 e. The molecule has 1 saturated heterocycles. The van der Waals surface area contributed by atoms with E-state index < -0.39 is 0 Å². The molecule has 150 valence electrons. The summed E-state index contributed by atoms with van der Waals surface area (Å²) in [7, 11) is 0. The fraction of sp³-hybridized carbons (Fsp3) is 0.500. The third-order valence-corrected chi connectivity index (χ3v) is 4.01. The minimum absolute atomic E-state index is 0.197. The largest absolute Gasteiger partial charge is 0.378 e. The van der Waals surface area contributed by atoms with Crippen molar-refractivity contribution in [3.05, 3.63) is 49.6 Å². The zero-order valence-electron chi connectivity index (χ0n) is 16.0. The first-order chi connectivity index (χ1) is 13.0. The predicted octanol–water partition coefficient (Wildman–Crippen LogP) is 1.19. The van der Waals surface area contributed by atoms with Gasteiger partial charge in [0.2, 0.25) is 0 Å². The van der Waals surface area contributed by atoms with Crippen molar-refractivity contribution < 1.29 is 23.8 Å². The van der Waals surface area contributed by atoms with Gasteiger partial charge in [-0.25, -0.2) is 0 Å². The van der Waals surface area contributed by atoms with Crippen molar-refractivity contribution in [2.75, 3.05) is 65.8 Å². The van der Waals surface area contributed by atoms with Gasteiger partial charge >= 0.3 is 0 Å². The molecule has 1 rings (SSSR count). The van der Waals surface area contributed by atoms with E-state index in [0.29, 0.717) is 77.0 Å². The lowest BCUT2D eigenvalue weighted by atomic mass is 10.2. The van der Waals surface area contributed by atoms with Crippen molar-refractivity contribution in [1.29, 1.82) is 0 Å². The van der Waals surface area contributed by atoms with Gasteiger partial charge in [-0.15, -0.1) is 0 Å². The molecule has 0 saturated carbocycles. The maximum absolute atomic E-state index is 12.3. The summed E-state index contributed by atoms with van der Waals surface area (Å²) < 4.78 is 16.6. The molecule has 0 spiro atoms. The highest BCUT2D eigenvalue weighted by atomic mass is 16.5. The van der Waals surface area contributed by atoms with E-state index in [0.717, 1.165) is 0 Å². The lowest BCUT2D eigenvalue weighted by molar-refractivity contribution is -0.128. The summed E-state index contributed by atoms with van der Waals surface area (Å²) in [5, 5.41) is 0. The van der Waals surface area contributed by atoms with Crippen LogP contribution in [0.15, 0.2) is 49.6 Å². The molecule has 0 N–H and O–H groups in total. The van der Waals surface area contributed by atoms with Crippen molar-refractivity contribution in [1.82, 2.24) is 9.80 Å². The second-order valence-corrected chi connectivity index (χ2v) is 5.88. The molecule has 0 aromatic rings. The summed E-state index contributed by atoms with van der Waals surface area (Å²) in [6.07, 6.45) is 2.87. The minimum Gasteiger partial charge on any atom is -0.378 e. The van der Waals surface area contributed by atoms with E-state index in [9.17, 15) is 9.59 Å². The molecule has 0 aromatic carbocycles. The van der Waals surface area contributed by atoms with E-state index in [1.54, 1.807) is 9.80 Å².